The number of carbonyl (C=O) groups is 1. The second-order valence-electron chi connectivity index (χ2n) is 8.36. The summed E-state index contributed by atoms with van der Waals surface area (Å²) in [6.07, 6.45) is 0. The highest BCUT2D eigenvalue weighted by molar-refractivity contribution is 6.04. The Balaban J connectivity index is 1.66. The first kappa shape index (κ1) is 20.0. The van der Waals surface area contributed by atoms with Crippen molar-refractivity contribution in [1.29, 1.82) is 0 Å². The molecule has 1 aromatic heterocycles. The summed E-state index contributed by atoms with van der Waals surface area (Å²) >= 11 is 0. The average Bonchev–Trinajstić information content (AvgIpc) is 2.85. The molecule has 0 fully saturated rings. The maximum atomic E-state index is 13.2. The van der Waals surface area contributed by atoms with E-state index in [2.05, 4.69) is 21.7 Å². The van der Waals surface area contributed by atoms with Crippen LogP contribution in [-0.4, -0.2) is 15.6 Å². The van der Waals surface area contributed by atoms with Gasteiger partial charge in [0.05, 0.1) is 18.2 Å². The first-order valence-electron chi connectivity index (χ1n) is 11.0. The molecule has 1 unspecified atom stereocenters. The van der Waals surface area contributed by atoms with Gasteiger partial charge in [-0.25, -0.2) is 9.59 Å². The number of nitrogens with zero attached hydrogens (tertiary/aromatic N) is 1. The van der Waals surface area contributed by atoms with E-state index in [0.29, 0.717) is 5.56 Å². The molecule has 4 aromatic carbocycles. The fourth-order valence-corrected chi connectivity index (χ4v) is 4.83. The number of carbonyl (C=O) groups excluding carboxylic acids is 1. The van der Waals surface area contributed by atoms with E-state index in [-0.39, 0.29) is 12.4 Å². The zero-order chi connectivity index (χ0) is 23.2. The molecule has 0 spiro atoms. The molecule has 2 heterocycles. The maximum absolute atomic E-state index is 13.2. The van der Waals surface area contributed by atoms with E-state index in [9.17, 15) is 14.4 Å². The molecule has 1 atom stereocenters. The second-order valence-corrected chi connectivity index (χ2v) is 8.36. The summed E-state index contributed by atoms with van der Waals surface area (Å²) in [5, 5.41) is 9.52. The van der Waals surface area contributed by atoms with Crippen LogP contribution in [0.3, 0.4) is 0 Å². The minimum Gasteiger partial charge on any atom is -0.327 e. The lowest BCUT2D eigenvalue weighted by molar-refractivity contribution is 0.248. The maximum Gasteiger partial charge on any atom is 0.330 e. The van der Waals surface area contributed by atoms with Crippen LogP contribution in [0.1, 0.15) is 22.7 Å². The van der Waals surface area contributed by atoms with Gasteiger partial charge in [0.15, 0.2) is 0 Å². The van der Waals surface area contributed by atoms with Crippen LogP contribution in [0.25, 0.3) is 21.5 Å². The minimum absolute atomic E-state index is 0.210. The van der Waals surface area contributed by atoms with Crippen LogP contribution in [0, 0.1) is 0 Å². The van der Waals surface area contributed by atoms with Crippen LogP contribution in [-0.2, 0) is 6.54 Å². The number of urea groups is 1. The number of hydrogen-bond donors (Lipinski definition) is 3. The summed E-state index contributed by atoms with van der Waals surface area (Å²) in [7, 11) is 0. The van der Waals surface area contributed by atoms with Gasteiger partial charge < -0.3 is 5.32 Å². The Kier molecular flexibility index (Phi) is 4.55. The number of rotatable bonds is 3. The summed E-state index contributed by atoms with van der Waals surface area (Å²) < 4.78 is 1.41. The molecule has 0 saturated heterocycles. The van der Waals surface area contributed by atoms with E-state index in [0.717, 1.165) is 32.7 Å². The molecule has 3 N–H and O–H groups in total. The van der Waals surface area contributed by atoms with Crippen LogP contribution in [0.5, 0.6) is 0 Å². The first-order valence-corrected chi connectivity index (χ1v) is 11.0. The third-order valence-corrected chi connectivity index (χ3v) is 6.32. The number of aromatic amines is 1. The third-order valence-electron chi connectivity index (χ3n) is 6.32. The van der Waals surface area contributed by atoms with Crippen LogP contribution in [0.15, 0.2) is 94.5 Å². The number of fused-ring (bicyclic) bond motifs is 3. The van der Waals surface area contributed by atoms with Crippen LogP contribution >= 0.6 is 0 Å². The van der Waals surface area contributed by atoms with Crippen molar-refractivity contribution in [1.82, 2.24) is 14.9 Å². The van der Waals surface area contributed by atoms with Gasteiger partial charge in [-0.15, -0.1) is 0 Å². The summed E-state index contributed by atoms with van der Waals surface area (Å²) in [6.45, 7) is 0.210. The van der Waals surface area contributed by atoms with E-state index in [1.807, 2.05) is 78.9 Å². The number of benzene rings is 4. The van der Waals surface area contributed by atoms with Crippen molar-refractivity contribution in [2.45, 2.75) is 12.6 Å². The van der Waals surface area contributed by atoms with Gasteiger partial charge in [0.25, 0.3) is 5.56 Å². The summed E-state index contributed by atoms with van der Waals surface area (Å²) in [5.74, 6) is 0.211. The molecule has 1 aliphatic heterocycles. The number of H-pyrrole nitrogens is 1. The van der Waals surface area contributed by atoms with Gasteiger partial charge in [-0.1, -0.05) is 78.9 Å². The van der Waals surface area contributed by atoms with Gasteiger partial charge in [0, 0.05) is 0 Å². The van der Waals surface area contributed by atoms with Gasteiger partial charge >= 0.3 is 11.7 Å². The Morgan fingerprint density at radius 2 is 1.35 bits per heavy atom. The lowest BCUT2D eigenvalue weighted by atomic mass is 9.88. The fourth-order valence-electron chi connectivity index (χ4n) is 4.83. The Morgan fingerprint density at radius 1 is 0.735 bits per heavy atom. The number of anilines is 1. The van der Waals surface area contributed by atoms with Gasteiger partial charge in [-0.2, -0.15) is 0 Å². The van der Waals surface area contributed by atoms with Crippen molar-refractivity contribution in [3.63, 3.8) is 0 Å². The molecular weight excluding hydrogens is 428 g/mol. The number of nitrogens with one attached hydrogen (secondary N) is 3. The van der Waals surface area contributed by atoms with Crippen molar-refractivity contribution < 1.29 is 4.79 Å². The van der Waals surface area contributed by atoms with E-state index in [1.54, 1.807) is 0 Å². The number of hydrogen-bond acceptors (Lipinski definition) is 3. The Morgan fingerprint density at radius 3 is 2.03 bits per heavy atom. The van der Waals surface area contributed by atoms with Crippen molar-refractivity contribution in [2.75, 3.05) is 5.32 Å². The largest absolute Gasteiger partial charge is 0.330 e. The molecule has 0 aliphatic carbocycles. The molecule has 0 radical (unpaired) electrons. The summed E-state index contributed by atoms with van der Waals surface area (Å²) in [5.41, 5.74) is 0.894. The SMILES string of the molecule is O=C1Nc2c(c(=O)[nH]c(=O)n2Cc2ccccc2)C(c2c3ccccc3cc3ccccc23)N1. The van der Waals surface area contributed by atoms with E-state index in [4.69, 9.17) is 0 Å². The molecular formula is C27H20N4O3. The monoisotopic (exact) mass is 448 g/mol. The van der Waals surface area contributed by atoms with E-state index >= 15 is 0 Å². The van der Waals surface area contributed by atoms with Crippen molar-refractivity contribution in [3.05, 3.63) is 122 Å². The molecule has 166 valence electrons. The fraction of sp³-hybridized carbons (Fsp3) is 0.0741. The number of amides is 2. The molecule has 5 aromatic rings. The Bertz CT molecular complexity index is 1650. The molecule has 0 saturated carbocycles. The molecule has 7 nitrogen and oxygen atoms in total. The summed E-state index contributed by atoms with van der Waals surface area (Å²) in [6, 6.07) is 26.1. The smallest absolute Gasteiger partial charge is 0.327 e. The van der Waals surface area contributed by atoms with Gasteiger partial charge in [0.2, 0.25) is 0 Å². The zero-order valence-corrected chi connectivity index (χ0v) is 18.0. The Hall–Kier alpha value is -4.65. The van der Waals surface area contributed by atoms with Crippen molar-refractivity contribution in [3.8, 4) is 0 Å². The highest BCUT2D eigenvalue weighted by Gasteiger charge is 2.33. The predicted octanol–water partition coefficient (Wildman–Crippen LogP) is 4.12. The first-order chi connectivity index (χ1) is 16.6. The highest BCUT2D eigenvalue weighted by Crippen LogP contribution is 2.38. The molecule has 7 heteroatoms. The highest BCUT2D eigenvalue weighted by atomic mass is 16.2. The van der Waals surface area contributed by atoms with Gasteiger partial charge in [0.1, 0.15) is 5.82 Å². The van der Waals surface area contributed by atoms with Crippen LogP contribution in [0.4, 0.5) is 10.6 Å². The Labute approximate surface area is 193 Å². The zero-order valence-electron chi connectivity index (χ0n) is 18.0. The molecule has 6 rings (SSSR count). The lowest BCUT2D eigenvalue weighted by Gasteiger charge is -2.30. The third kappa shape index (κ3) is 3.17. The number of aromatic nitrogens is 2. The van der Waals surface area contributed by atoms with E-state index in [1.165, 1.54) is 4.57 Å². The normalized spacial score (nSPS) is 15.1. The molecule has 34 heavy (non-hydrogen) atoms. The van der Waals surface area contributed by atoms with E-state index < -0.39 is 23.3 Å². The molecule has 2 amide bonds. The lowest BCUT2D eigenvalue weighted by Crippen LogP contribution is -2.46. The topological polar surface area (TPSA) is 96.0 Å². The second kappa shape index (κ2) is 7.74. The van der Waals surface area contributed by atoms with Crippen LogP contribution < -0.4 is 21.9 Å². The molecule has 0 bridgehead atoms. The van der Waals surface area contributed by atoms with Crippen molar-refractivity contribution >= 4 is 33.4 Å². The van der Waals surface area contributed by atoms with Gasteiger partial charge in [-0.3, -0.25) is 19.7 Å². The van der Waals surface area contributed by atoms with Crippen LogP contribution in [0.2, 0.25) is 0 Å². The summed E-state index contributed by atoms with van der Waals surface area (Å²) in [4.78, 5) is 41.3. The quantitative estimate of drug-likeness (QED) is 0.362. The predicted molar refractivity (Wildman–Crippen MR) is 132 cm³/mol. The van der Waals surface area contributed by atoms with Crippen molar-refractivity contribution in [2.24, 2.45) is 0 Å². The standard InChI is InChI=1S/C27H20N4O3/c32-25-22-23(21-19-12-6-4-10-17(19)14-18-11-5-7-13-20(18)21)28-26(33)29-24(22)31(27(34)30-25)15-16-8-2-1-3-9-16/h1-14,23H,15H2,(H2,28,29,33)(H,30,32,34). The van der Waals surface area contributed by atoms with Gasteiger partial charge in [-0.05, 0) is 38.7 Å². The molecule has 1 aliphatic rings. The average molecular weight is 448 g/mol. The minimum atomic E-state index is -0.744.